The zero-order valence-electron chi connectivity index (χ0n) is 6.55. The van der Waals surface area contributed by atoms with Crippen molar-refractivity contribution >= 4 is 5.69 Å². The molecule has 3 heteroatoms. The lowest BCUT2D eigenvalue weighted by Crippen LogP contribution is -2.23. The molecule has 0 fully saturated rings. The molecule has 0 aliphatic carbocycles. The van der Waals surface area contributed by atoms with Crippen LogP contribution in [0.3, 0.4) is 0 Å². The molecule has 1 aromatic rings. The van der Waals surface area contributed by atoms with Crippen molar-refractivity contribution in [3.63, 3.8) is 0 Å². The van der Waals surface area contributed by atoms with Gasteiger partial charge in [-0.2, -0.15) is 0 Å². The number of anilines is 1. The molecule has 1 aliphatic heterocycles. The summed E-state index contributed by atoms with van der Waals surface area (Å²) in [5, 5.41) is 12.1. The smallest absolute Gasteiger partial charge is 0.121 e. The van der Waals surface area contributed by atoms with Gasteiger partial charge >= 0.3 is 0 Å². The van der Waals surface area contributed by atoms with E-state index in [1.165, 1.54) is 0 Å². The summed E-state index contributed by atoms with van der Waals surface area (Å²) in [6.45, 7) is 0.373. The third kappa shape index (κ3) is 1.22. The molecule has 1 heterocycles. The van der Waals surface area contributed by atoms with Crippen LogP contribution in [0.2, 0.25) is 0 Å². The van der Waals surface area contributed by atoms with Crippen molar-refractivity contribution in [3.8, 4) is 5.75 Å². The van der Waals surface area contributed by atoms with Crippen LogP contribution in [0, 0.1) is 0 Å². The molecule has 12 heavy (non-hydrogen) atoms. The molecule has 0 radical (unpaired) electrons. The van der Waals surface area contributed by atoms with Gasteiger partial charge in [0.15, 0.2) is 0 Å². The highest BCUT2D eigenvalue weighted by Crippen LogP contribution is 2.26. The van der Waals surface area contributed by atoms with E-state index in [-0.39, 0.29) is 5.75 Å². The Morgan fingerprint density at radius 3 is 3.17 bits per heavy atom. The van der Waals surface area contributed by atoms with E-state index in [4.69, 9.17) is 5.11 Å². The van der Waals surface area contributed by atoms with Crippen LogP contribution < -0.4 is 5.32 Å². The van der Waals surface area contributed by atoms with Crippen LogP contribution in [0.15, 0.2) is 18.2 Å². The number of rotatable bonds is 0. The summed E-state index contributed by atoms with van der Waals surface area (Å²) in [5.74, 6) is 0.199. The predicted octanol–water partition coefficient (Wildman–Crippen LogP) is 1.70. The number of aromatic hydroxyl groups is 1. The fourth-order valence-corrected chi connectivity index (χ4v) is 1.45. The summed E-state index contributed by atoms with van der Waals surface area (Å²) in [6.07, 6.45) is -0.434. The minimum Gasteiger partial charge on any atom is -0.508 e. The number of fused-ring (bicyclic) bond motifs is 1. The van der Waals surface area contributed by atoms with Crippen LogP contribution >= 0.6 is 0 Å². The van der Waals surface area contributed by atoms with E-state index >= 15 is 0 Å². The molecule has 2 rings (SSSR count). The van der Waals surface area contributed by atoms with Crippen molar-refractivity contribution in [2.45, 2.75) is 12.6 Å². The monoisotopic (exact) mass is 167 g/mol. The molecule has 0 spiro atoms. The van der Waals surface area contributed by atoms with E-state index in [9.17, 15) is 4.39 Å². The maximum Gasteiger partial charge on any atom is 0.121 e. The number of halogens is 1. The van der Waals surface area contributed by atoms with Crippen LogP contribution in [0.1, 0.15) is 5.56 Å². The van der Waals surface area contributed by atoms with Gasteiger partial charge in [-0.3, -0.25) is 0 Å². The third-order valence-corrected chi connectivity index (χ3v) is 2.04. The second kappa shape index (κ2) is 2.66. The van der Waals surface area contributed by atoms with Gasteiger partial charge in [-0.1, -0.05) is 0 Å². The Balaban J connectivity index is 2.37. The number of phenols is 1. The summed E-state index contributed by atoms with van der Waals surface area (Å²) in [4.78, 5) is 0. The average Bonchev–Trinajstić information content (AvgIpc) is 2.03. The van der Waals surface area contributed by atoms with E-state index in [1.54, 1.807) is 18.2 Å². The third-order valence-electron chi connectivity index (χ3n) is 2.04. The number of hydrogen-bond acceptors (Lipinski definition) is 2. The lowest BCUT2D eigenvalue weighted by Gasteiger charge is -2.20. The summed E-state index contributed by atoms with van der Waals surface area (Å²) < 4.78 is 12.8. The molecule has 1 unspecified atom stereocenters. The molecular formula is C9H10FNO. The van der Waals surface area contributed by atoms with Crippen molar-refractivity contribution in [2.24, 2.45) is 0 Å². The first-order chi connectivity index (χ1) is 5.75. The lowest BCUT2D eigenvalue weighted by molar-refractivity contribution is 0.341. The zero-order valence-corrected chi connectivity index (χ0v) is 6.55. The Morgan fingerprint density at radius 2 is 2.33 bits per heavy atom. The Bertz CT molecular complexity index is 301. The summed E-state index contributed by atoms with van der Waals surface area (Å²) in [5.41, 5.74) is 1.79. The van der Waals surface area contributed by atoms with E-state index in [1.807, 2.05) is 0 Å². The van der Waals surface area contributed by atoms with Crippen molar-refractivity contribution in [3.05, 3.63) is 23.8 Å². The first-order valence-electron chi connectivity index (χ1n) is 3.95. The number of nitrogens with one attached hydrogen (secondary N) is 1. The van der Waals surface area contributed by atoms with Crippen LogP contribution in [0.5, 0.6) is 5.75 Å². The highest BCUT2D eigenvalue weighted by molar-refractivity contribution is 5.56. The minimum absolute atomic E-state index is 0.199. The summed E-state index contributed by atoms with van der Waals surface area (Å²) in [6, 6.07) is 4.98. The van der Waals surface area contributed by atoms with Gasteiger partial charge in [-0.15, -0.1) is 0 Å². The molecule has 64 valence electrons. The SMILES string of the molecule is Oc1ccc2c(c1)CC(F)CN2. The lowest BCUT2D eigenvalue weighted by atomic mass is 10.0. The molecule has 0 aromatic heterocycles. The van der Waals surface area contributed by atoms with Crippen LogP contribution in [-0.2, 0) is 6.42 Å². The van der Waals surface area contributed by atoms with Crippen LogP contribution in [-0.4, -0.2) is 17.8 Å². The standard InChI is InChI=1S/C9H10FNO/c10-7-3-6-4-8(12)1-2-9(6)11-5-7/h1-2,4,7,11-12H,3,5H2. The first kappa shape index (κ1) is 7.40. The fourth-order valence-electron chi connectivity index (χ4n) is 1.45. The van der Waals surface area contributed by atoms with E-state index in [2.05, 4.69) is 5.32 Å². The van der Waals surface area contributed by atoms with Gasteiger partial charge in [0.05, 0.1) is 0 Å². The van der Waals surface area contributed by atoms with Crippen molar-refractivity contribution in [1.82, 2.24) is 0 Å². The zero-order chi connectivity index (χ0) is 8.55. The molecule has 2 N–H and O–H groups in total. The highest BCUT2D eigenvalue weighted by Gasteiger charge is 2.16. The largest absolute Gasteiger partial charge is 0.508 e. The topological polar surface area (TPSA) is 32.3 Å². The normalized spacial score (nSPS) is 21.2. The van der Waals surface area contributed by atoms with Gasteiger partial charge in [0, 0.05) is 18.7 Å². The van der Waals surface area contributed by atoms with Gasteiger partial charge in [0.1, 0.15) is 11.9 Å². The predicted molar refractivity (Wildman–Crippen MR) is 45.2 cm³/mol. The summed E-state index contributed by atoms with van der Waals surface area (Å²) in [7, 11) is 0. The van der Waals surface area contributed by atoms with E-state index < -0.39 is 6.17 Å². The van der Waals surface area contributed by atoms with Crippen molar-refractivity contribution < 1.29 is 9.50 Å². The molecule has 2 nitrogen and oxygen atoms in total. The molecule has 1 aliphatic rings. The van der Waals surface area contributed by atoms with Gasteiger partial charge in [0.25, 0.3) is 0 Å². The van der Waals surface area contributed by atoms with E-state index in [0.29, 0.717) is 13.0 Å². The first-order valence-corrected chi connectivity index (χ1v) is 3.95. The van der Waals surface area contributed by atoms with Crippen molar-refractivity contribution in [2.75, 3.05) is 11.9 Å². The molecule has 1 aromatic carbocycles. The van der Waals surface area contributed by atoms with Crippen LogP contribution in [0.4, 0.5) is 10.1 Å². The van der Waals surface area contributed by atoms with E-state index in [0.717, 1.165) is 11.3 Å². The highest BCUT2D eigenvalue weighted by atomic mass is 19.1. The minimum atomic E-state index is -0.834. The van der Waals surface area contributed by atoms with Gasteiger partial charge in [0.2, 0.25) is 0 Å². The molecular weight excluding hydrogens is 157 g/mol. The molecule has 0 bridgehead atoms. The maximum atomic E-state index is 12.8. The number of hydrogen-bond donors (Lipinski definition) is 2. The van der Waals surface area contributed by atoms with Gasteiger partial charge in [-0.05, 0) is 23.8 Å². The Hall–Kier alpha value is -1.25. The van der Waals surface area contributed by atoms with Gasteiger partial charge < -0.3 is 10.4 Å². The number of phenolic OH excluding ortho intramolecular Hbond substituents is 1. The fraction of sp³-hybridized carbons (Fsp3) is 0.333. The molecule has 0 saturated carbocycles. The molecule has 1 atom stereocenters. The molecule has 0 saturated heterocycles. The summed E-state index contributed by atoms with van der Waals surface area (Å²) >= 11 is 0. The average molecular weight is 167 g/mol. The Labute approximate surface area is 70.0 Å². The Morgan fingerprint density at radius 1 is 1.50 bits per heavy atom. The number of benzene rings is 1. The number of alkyl halides is 1. The maximum absolute atomic E-state index is 12.8. The van der Waals surface area contributed by atoms with Crippen molar-refractivity contribution in [1.29, 1.82) is 0 Å². The quantitative estimate of drug-likeness (QED) is 0.576. The molecule has 0 amide bonds. The second-order valence-electron chi connectivity index (χ2n) is 3.02. The van der Waals surface area contributed by atoms with Crippen LogP contribution in [0.25, 0.3) is 0 Å². The van der Waals surface area contributed by atoms with Gasteiger partial charge in [-0.25, -0.2) is 4.39 Å². The Kier molecular flexibility index (Phi) is 1.64. The second-order valence-corrected chi connectivity index (χ2v) is 3.02.